The summed E-state index contributed by atoms with van der Waals surface area (Å²) in [5.41, 5.74) is 2.68. The zero-order valence-electron chi connectivity index (χ0n) is 19.3. The van der Waals surface area contributed by atoms with Crippen LogP contribution in [-0.4, -0.2) is 45.0 Å². The quantitative estimate of drug-likeness (QED) is 0.124. The number of nitrogens with one attached hydrogen (secondary N) is 2. The van der Waals surface area contributed by atoms with Gasteiger partial charge < -0.3 is 14.6 Å². The number of carbonyl (C=O) groups is 2. The summed E-state index contributed by atoms with van der Waals surface area (Å²) in [7, 11) is 0. The lowest BCUT2D eigenvalue weighted by Crippen LogP contribution is -2.38. The minimum absolute atomic E-state index is 0.252. The molecule has 2 unspecified atom stereocenters. The van der Waals surface area contributed by atoms with Crippen LogP contribution in [0.25, 0.3) is 10.9 Å². The molecule has 0 fully saturated rings. The van der Waals surface area contributed by atoms with Crippen LogP contribution in [0.5, 0.6) is 5.75 Å². The highest BCUT2D eigenvalue weighted by atomic mass is 32.2. The smallest absolute Gasteiger partial charge is 0.296 e. The Bertz CT molecular complexity index is 1210. The lowest BCUT2D eigenvalue weighted by molar-refractivity contribution is -0.128. The zero-order chi connectivity index (χ0) is 25.0. The van der Waals surface area contributed by atoms with Crippen LogP contribution in [0, 0.1) is 11.8 Å². The highest BCUT2D eigenvalue weighted by Gasteiger charge is 2.31. The summed E-state index contributed by atoms with van der Waals surface area (Å²) in [4.78, 5) is 29.4. The van der Waals surface area contributed by atoms with Crippen LogP contribution < -0.4 is 15.5 Å². The van der Waals surface area contributed by atoms with Gasteiger partial charge in [0.15, 0.2) is 4.90 Å². The number of carbonyl (C=O) groups excluding carboxylic acids is 2. The summed E-state index contributed by atoms with van der Waals surface area (Å²) in [5, 5.41) is 12.0. The van der Waals surface area contributed by atoms with Gasteiger partial charge in [0.05, 0.1) is 5.52 Å². The normalized spacial score (nSPS) is 12.2. The van der Waals surface area contributed by atoms with Gasteiger partial charge in [-0.05, 0) is 67.3 Å². The van der Waals surface area contributed by atoms with E-state index in [-0.39, 0.29) is 18.9 Å². The Morgan fingerprint density at radius 3 is 2.63 bits per heavy atom. The first-order valence-corrected chi connectivity index (χ1v) is 12.4. The van der Waals surface area contributed by atoms with Crippen molar-refractivity contribution in [1.82, 2.24) is 15.8 Å². The molecular formula is C26H27N3O5S. The highest BCUT2D eigenvalue weighted by Crippen LogP contribution is 2.23. The Kier molecular flexibility index (Phi) is 9.93. The molecule has 2 amide bonds. The molecule has 0 bridgehead atoms. The second kappa shape index (κ2) is 13.3. The number of pyridine rings is 1. The van der Waals surface area contributed by atoms with E-state index in [1.807, 2.05) is 30.3 Å². The van der Waals surface area contributed by atoms with Gasteiger partial charge >= 0.3 is 0 Å². The van der Waals surface area contributed by atoms with Crippen LogP contribution in [0.3, 0.4) is 0 Å². The average molecular weight is 494 g/mol. The number of hydrogen-bond acceptors (Lipinski definition) is 6. The van der Waals surface area contributed by atoms with Crippen molar-refractivity contribution < 1.29 is 24.1 Å². The summed E-state index contributed by atoms with van der Waals surface area (Å²) in [6.07, 6.45) is 1.36. The van der Waals surface area contributed by atoms with Crippen molar-refractivity contribution in [1.29, 1.82) is 0 Å². The third-order valence-corrected chi connectivity index (χ3v) is 6.92. The summed E-state index contributed by atoms with van der Waals surface area (Å²) in [5.74, 6) is 5.10. The first-order chi connectivity index (χ1) is 17.0. The number of amides is 2. The first-order valence-electron chi connectivity index (χ1n) is 11.1. The Morgan fingerprint density at radius 2 is 1.89 bits per heavy atom. The molecule has 0 aliphatic carbocycles. The number of unbranched alkanes of at least 4 members (excludes halogenated alkanes) is 1. The Balaban J connectivity index is 1.49. The van der Waals surface area contributed by atoms with Crippen molar-refractivity contribution in [2.24, 2.45) is 0 Å². The standard InChI is InChI=1S/C26H27N3O5S/c1-2-3-18-34-20-12-14-21(15-13-20)35(33)24(26(31)29-32)10-6-7-17-27-25(30)23-16-11-19-8-4-5-9-22(19)28-23/h4-5,8-9,11-16,24,32H,6-7,10,17-18H2,1H3,(H,27,30)(H,29,31). The third-order valence-electron chi connectivity index (χ3n) is 5.21. The maximum Gasteiger partial charge on any atom is 0.296 e. The van der Waals surface area contributed by atoms with Crippen LogP contribution in [0.1, 0.15) is 36.7 Å². The van der Waals surface area contributed by atoms with E-state index in [0.717, 1.165) is 10.9 Å². The van der Waals surface area contributed by atoms with Gasteiger partial charge in [0, 0.05) is 18.4 Å². The van der Waals surface area contributed by atoms with Crippen LogP contribution in [0.15, 0.2) is 65.6 Å². The van der Waals surface area contributed by atoms with Gasteiger partial charge in [0.2, 0.25) is 5.25 Å². The molecule has 0 radical (unpaired) electrons. The molecule has 0 saturated heterocycles. The van der Waals surface area contributed by atoms with Gasteiger partial charge in [0.1, 0.15) is 18.1 Å². The number of hydroxylamine groups is 1. The summed E-state index contributed by atoms with van der Waals surface area (Å²) < 4.78 is 18.4. The number of aromatic nitrogens is 1. The lowest BCUT2D eigenvalue weighted by atomic mass is 10.1. The molecule has 1 aromatic heterocycles. The zero-order valence-corrected chi connectivity index (χ0v) is 20.1. The van der Waals surface area contributed by atoms with E-state index < -0.39 is 22.3 Å². The number of fused-ring (bicyclic) bond motifs is 1. The maximum atomic E-state index is 13.0. The number of hydrogen-bond donors (Lipinski definition) is 3. The molecule has 0 spiro atoms. The van der Waals surface area contributed by atoms with Crippen LogP contribution in [0.2, 0.25) is 0 Å². The van der Waals surface area contributed by atoms with Gasteiger partial charge in [-0.25, -0.2) is 10.5 Å². The van der Waals surface area contributed by atoms with E-state index in [1.54, 1.807) is 42.7 Å². The SMILES string of the molecule is CC#CCOc1ccc([S+]([O-])C(CCCCNC(=O)c2ccc3ccccc3n2)C(=O)NO)cc1. The summed E-state index contributed by atoms with van der Waals surface area (Å²) >= 11 is -1.68. The summed E-state index contributed by atoms with van der Waals surface area (Å²) in [6, 6.07) is 17.7. The van der Waals surface area contributed by atoms with E-state index in [1.165, 1.54) is 0 Å². The fourth-order valence-electron chi connectivity index (χ4n) is 3.37. The monoisotopic (exact) mass is 493 g/mol. The molecule has 8 nitrogen and oxygen atoms in total. The average Bonchev–Trinajstić information content (AvgIpc) is 2.90. The summed E-state index contributed by atoms with van der Waals surface area (Å²) in [6.45, 7) is 2.35. The third kappa shape index (κ3) is 7.45. The molecule has 35 heavy (non-hydrogen) atoms. The van der Waals surface area contributed by atoms with Crippen LogP contribution in [0.4, 0.5) is 0 Å². The number of rotatable bonds is 11. The fraction of sp³-hybridized carbons (Fsp3) is 0.269. The highest BCUT2D eigenvalue weighted by molar-refractivity contribution is 7.92. The van der Waals surface area contributed by atoms with Gasteiger partial charge in [0.25, 0.3) is 11.8 Å². The molecule has 3 aromatic rings. The van der Waals surface area contributed by atoms with Gasteiger partial charge in [-0.3, -0.25) is 14.8 Å². The topological polar surface area (TPSA) is 124 Å². The minimum atomic E-state index is -1.68. The molecule has 1 heterocycles. The molecule has 0 aliphatic rings. The number of ether oxygens (including phenoxy) is 1. The van der Waals surface area contributed by atoms with E-state index in [9.17, 15) is 14.1 Å². The van der Waals surface area contributed by atoms with Crippen molar-refractivity contribution >= 4 is 33.9 Å². The Morgan fingerprint density at radius 1 is 1.11 bits per heavy atom. The Hall–Kier alpha value is -3.58. The number of nitrogens with zero attached hydrogens (tertiary/aromatic N) is 1. The molecule has 3 rings (SSSR count). The van der Waals surface area contributed by atoms with Crippen molar-refractivity contribution in [2.45, 2.75) is 36.3 Å². The van der Waals surface area contributed by atoms with E-state index in [0.29, 0.717) is 35.7 Å². The molecule has 2 aromatic carbocycles. The van der Waals surface area contributed by atoms with Crippen molar-refractivity contribution in [2.75, 3.05) is 13.2 Å². The van der Waals surface area contributed by atoms with E-state index >= 15 is 0 Å². The predicted octanol–water partition coefficient (Wildman–Crippen LogP) is 3.22. The molecule has 0 saturated carbocycles. The van der Waals surface area contributed by atoms with Gasteiger partial charge in [-0.1, -0.05) is 30.2 Å². The molecule has 9 heteroatoms. The van der Waals surface area contributed by atoms with E-state index in [4.69, 9.17) is 9.94 Å². The minimum Gasteiger partial charge on any atom is -0.611 e. The maximum absolute atomic E-state index is 13.0. The van der Waals surface area contributed by atoms with Crippen molar-refractivity contribution in [3.05, 3.63) is 66.4 Å². The molecule has 182 valence electrons. The predicted molar refractivity (Wildman–Crippen MR) is 133 cm³/mol. The largest absolute Gasteiger partial charge is 0.611 e. The van der Waals surface area contributed by atoms with Crippen LogP contribution in [-0.2, 0) is 16.0 Å². The Labute approximate surface area is 207 Å². The molecule has 3 N–H and O–H groups in total. The van der Waals surface area contributed by atoms with E-state index in [2.05, 4.69) is 22.1 Å². The molecule has 2 atom stereocenters. The first kappa shape index (κ1) is 26.0. The second-order valence-corrected chi connectivity index (χ2v) is 9.23. The lowest BCUT2D eigenvalue weighted by Gasteiger charge is -2.20. The van der Waals surface area contributed by atoms with Crippen molar-refractivity contribution in [3.63, 3.8) is 0 Å². The van der Waals surface area contributed by atoms with Crippen LogP contribution >= 0.6 is 0 Å². The van der Waals surface area contributed by atoms with Crippen molar-refractivity contribution in [3.8, 4) is 17.6 Å². The second-order valence-electron chi connectivity index (χ2n) is 7.59. The number of para-hydroxylation sites is 1. The number of benzene rings is 2. The van der Waals surface area contributed by atoms with Gasteiger partial charge in [-0.2, -0.15) is 0 Å². The fourth-order valence-corrected chi connectivity index (χ4v) is 4.73. The van der Waals surface area contributed by atoms with Gasteiger partial charge in [-0.15, -0.1) is 5.92 Å². The molecular weight excluding hydrogens is 466 g/mol. The molecule has 0 aliphatic heterocycles.